The van der Waals surface area contributed by atoms with Crippen LogP contribution in [-0.4, -0.2) is 20.4 Å². The third-order valence-corrected chi connectivity index (χ3v) is 23.6. The summed E-state index contributed by atoms with van der Waals surface area (Å²) in [5.74, 6) is 1.16. The lowest BCUT2D eigenvalue weighted by atomic mass is 9.42. The van der Waals surface area contributed by atoms with Crippen molar-refractivity contribution in [2.45, 2.75) is 92.3 Å². The highest BCUT2D eigenvalue weighted by molar-refractivity contribution is 6.46. The standard InChI is InChI=1S/C75H46N4O2/c76-31-37-25-55-63(65-57(37)59-39-9-1-3-11-41(39)60(65)42-12-4-2-10-40(42)59)66-61-50-27-48-47(34-19-23-35(24-20-34)73(48)80)30-54(50)79-56-26-38(32-77)58-69-44-14-6-5-13-43(44)68-45-15-7-8-16-52(45)75(68,69)70(58)64(56)67(72(61)79)62-51-28-49-46(29-53(51)78(55)71(62)66)33-17-21-36(22-18-33)74(49)81/h1-16,25-30,33-36,59-60,68-69H,17-24H2. The fourth-order valence-electron chi connectivity index (χ4n) is 20.8. The van der Waals surface area contributed by atoms with E-state index in [0.29, 0.717) is 17.4 Å². The molecule has 2 saturated carbocycles. The van der Waals surface area contributed by atoms with Gasteiger partial charge in [-0.05, 0) is 177 Å². The van der Waals surface area contributed by atoms with Gasteiger partial charge >= 0.3 is 0 Å². The van der Waals surface area contributed by atoms with E-state index in [1.54, 1.807) is 0 Å². The Morgan fingerprint density at radius 2 is 0.827 bits per heavy atom. The summed E-state index contributed by atoms with van der Waals surface area (Å²) in [6.07, 6.45) is 7.74. The van der Waals surface area contributed by atoms with Crippen molar-refractivity contribution in [3.63, 3.8) is 0 Å². The Hall–Kier alpha value is -9.10. The van der Waals surface area contributed by atoms with Crippen molar-refractivity contribution in [3.05, 3.63) is 234 Å². The number of rotatable bonds is 0. The zero-order valence-corrected chi connectivity index (χ0v) is 44.1. The quantitative estimate of drug-likeness (QED) is 0.151. The first-order valence-corrected chi connectivity index (χ1v) is 29.9. The summed E-state index contributed by atoms with van der Waals surface area (Å²) in [6.45, 7) is 0. The summed E-state index contributed by atoms with van der Waals surface area (Å²) in [7, 11) is 0. The fourth-order valence-corrected chi connectivity index (χ4v) is 20.8. The normalized spacial score (nSPS) is 26.2. The van der Waals surface area contributed by atoms with E-state index in [4.69, 9.17) is 0 Å². The van der Waals surface area contributed by atoms with Crippen LogP contribution in [0.25, 0.3) is 76.2 Å². The van der Waals surface area contributed by atoms with E-state index in [-0.39, 0.29) is 52.5 Å². The van der Waals surface area contributed by atoms with Crippen molar-refractivity contribution < 1.29 is 9.59 Å². The maximum absolute atomic E-state index is 15.1. The van der Waals surface area contributed by atoms with E-state index in [1.165, 1.54) is 82.9 Å². The Kier molecular flexibility index (Phi) is 6.92. The van der Waals surface area contributed by atoms with Gasteiger partial charge in [-0.2, -0.15) is 10.5 Å². The molecule has 2 fully saturated rings. The molecule has 3 atom stereocenters. The van der Waals surface area contributed by atoms with Crippen LogP contribution in [0.4, 0.5) is 0 Å². The molecule has 81 heavy (non-hydrogen) atoms. The predicted octanol–water partition coefficient (Wildman–Crippen LogP) is 16.5. The number of hydrogen-bond donors (Lipinski definition) is 0. The molecule has 0 N–H and O–H groups in total. The number of nitriles is 2. The van der Waals surface area contributed by atoms with Crippen molar-refractivity contribution in [1.82, 2.24) is 8.80 Å². The van der Waals surface area contributed by atoms with Crippen molar-refractivity contribution in [2.75, 3.05) is 0 Å². The third kappa shape index (κ3) is 4.21. The van der Waals surface area contributed by atoms with Crippen LogP contribution in [-0.2, 0) is 5.41 Å². The molecule has 6 nitrogen and oxygen atoms in total. The van der Waals surface area contributed by atoms with E-state index < -0.39 is 0 Å². The molecule has 9 aromatic carbocycles. The molecular weight excluding hydrogens is 989 g/mol. The molecule has 1 spiro atoms. The lowest BCUT2D eigenvalue weighted by Gasteiger charge is -2.59. The van der Waals surface area contributed by atoms with Crippen molar-refractivity contribution in [1.29, 1.82) is 10.5 Å². The van der Waals surface area contributed by atoms with Crippen LogP contribution >= 0.6 is 0 Å². The minimum atomic E-state index is -0.374. The summed E-state index contributed by atoms with van der Waals surface area (Å²) in [6, 6.07) is 55.7. The smallest absolute Gasteiger partial charge is 0.166 e. The highest BCUT2D eigenvalue weighted by atomic mass is 16.1. The van der Waals surface area contributed by atoms with Crippen LogP contribution in [0, 0.1) is 34.5 Å². The molecule has 12 aliphatic rings. The average Bonchev–Trinajstić information content (AvgIpc) is 1.60. The largest absolute Gasteiger partial charge is 0.308 e. The lowest BCUT2D eigenvalue weighted by Crippen LogP contribution is -2.53. The fraction of sp³-hybridized carbons (Fsp3) is 0.227. The molecule has 0 radical (unpaired) electrons. The summed E-state index contributed by atoms with van der Waals surface area (Å²) in [5, 5.41) is 32.6. The van der Waals surface area contributed by atoms with Crippen LogP contribution in [0.1, 0.15) is 197 Å². The molecule has 3 unspecified atom stereocenters. The maximum atomic E-state index is 15.1. The van der Waals surface area contributed by atoms with E-state index in [9.17, 15) is 10.5 Å². The van der Waals surface area contributed by atoms with Gasteiger partial charge in [-0.15, -0.1) is 0 Å². The van der Waals surface area contributed by atoms with Crippen LogP contribution in [0.3, 0.4) is 0 Å². The van der Waals surface area contributed by atoms with Crippen LogP contribution in [0.15, 0.2) is 133 Å². The Morgan fingerprint density at radius 3 is 1.36 bits per heavy atom. The predicted molar refractivity (Wildman–Crippen MR) is 315 cm³/mol. The first kappa shape index (κ1) is 41.9. The van der Waals surface area contributed by atoms with Gasteiger partial charge in [0.1, 0.15) is 0 Å². The second-order valence-electron chi connectivity index (χ2n) is 26.2. The molecule has 4 heterocycles. The minimum Gasteiger partial charge on any atom is -0.308 e. The van der Waals surface area contributed by atoms with Gasteiger partial charge in [0.25, 0.3) is 0 Å². The molecule has 6 heteroatoms. The topological polar surface area (TPSA) is 90.5 Å². The third-order valence-electron chi connectivity index (χ3n) is 23.6. The molecule has 0 saturated heterocycles. The van der Waals surface area contributed by atoms with Crippen molar-refractivity contribution in [2.24, 2.45) is 11.8 Å². The minimum absolute atomic E-state index is 0.0287. The van der Waals surface area contributed by atoms with Crippen LogP contribution in [0.5, 0.6) is 0 Å². The van der Waals surface area contributed by atoms with Gasteiger partial charge in [-0.25, -0.2) is 0 Å². The zero-order chi connectivity index (χ0) is 52.5. The van der Waals surface area contributed by atoms with Gasteiger partial charge in [0.05, 0.1) is 56.4 Å². The number of aromatic nitrogens is 2. The number of hydrogen-bond acceptors (Lipinski definition) is 4. The highest BCUT2D eigenvalue weighted by Crippen LogP contribution is 2.79. The van der Waals surface area contributed by atoms with E-state index >= 15 is 9.59 Å². The summed E-state index contributed by atoms with van der Waals surface area (Å²) >= 11 is 0. The molecule has 13 aromatic rings. The monoisotopic (exact) mass is 1030 g/mol. The Labute approximate surface area is 464 Å². The van der Waals surface area contributed by atoms with Gasteiger partial charge in [-0.3, -0.25) is 9.59 Å². The number of carbonyl (C=O) groups is 2. The summed E-state index contributed by atoms with van der Waals surface area (Å²) in [4.78, 5) is 30.2. The SMILES string of the molecule is N#Cc1cc2c(c3c1C1c4ccccc4C3c3ccccc31)c1c3c4cc5c(cc4n4c6cc(C#N)c7c(c6c(c6c8cc9c(cc8n2c61)C1CCC(CC1)C9=O)c34)C12c3ccccc3C1c1ccccc1C72)C1CCC(CC1)C5=O. The molecule has 0 aliphatic heterocycles. The molecule has 12 aliphatic carbocycles. The van der Waals surface area contributed by atoms with E-state index in [2.05, 4.69) is 154 Å². The first-order valence-electron chi connectivity index (χ1n) is 29.9. The van der Waals surface area contributed by atoms with Crippen LogP contribution < -0.4 is 0 Å². The summed E-state index contributed by atoms with van der Waals surface area (Å²) in [5.41, 5.74) is 27.1. The molecule has 4 aromatic heterocycles. The van der Waals surface area contributed by atoms with E-state index in [1.807, 2.05) is 0 Å². The number of carbonyl (C=O) groups excluding carboxylic acids is 2. The lowest BCUT2D eigenvalue weighted by molar-refractivity contribution is 0.0891. The highest BCUT2D eigenvalue weighted by Gasteiger charge is 2.71. The zero-order valence-electron chi connectivity index (χ0n) is 44.1. The molecule has 378 valence electrons. The van der Waals surface area contributed by atoms with Gasteiger partial charge in [0.2, 0.25) is 0 Å². The maximum Gasteiger partial charge on any atom is 0.166 e. The van der Waals surface area contributed by atoms with Gasteiger partial charge in [0, 0.05) is 95.1 Å². The Balaban J connectivity index is 1.02. The molecule has 0 amide bonds. The van der Waals surface area contributed by atoms with Gasteiger partial charge in [-0.1, -0.05) is 97.1 Å². The number of fused-ring (bicyclic) bond motifs is 26. The number of ketones is 2. The molecular formula is C75H46N4O2. The van der Waals surface area contributed by atoms with Crippen LogP contribution in [0.2, 0.25) is 0 Å². The molecule has 6 bridgehead atoms. The van der Waals surface area contributed by atoms with E-state index in [0.717, 1.165) is 139 Å². The number of benzene rings is 9. The second kappa shape index (κ2) is 13.4. The Bertz CT molecular complexity index is 5400. The molecule has 25 rings (SSSR count). The van der Waals surface area contributed by atoms with Crippen molar-refractivity contribution >= 4 is 87.8 Å². The average molecular weight is 1040 g/mol. The van der Waals surface area contributed by atoms with Gasteiger partial charge < -0.3 is 8.80 Å². The number of Topliss-reactive ketones (excluding diaryl/α,β-unsaturated/α-hetero) is 2. The number of nitrogens with zero attached hydrogens (tertiary/aromatic N) is 4. The Morgan fingerprint density at radius 1 is 0.395 bits per heavy atom. The first-order chi connectivity index (χ1) is 40.0. The van der Waals surface area contributed by atoms with Crippen molar-refractivity contribution in [3.8, 4) is 12.1 Å². The summed E-state index contributed by atoms with van der Waals surface area (Å²) < 4.78 is 5.11. The second-order valence-corrected chi connectivity index (χ2v) is 26.2. The van der Waals surface area contributed by atoms with Gasteiger partial charge in [0.15, 0.2) is 11.6 Å².